The lowest BCUT2D eigenvalue weighted by Gasteiger charge is -2.45. The van der Waals surface area contributed by atoms with E-state index in [-0.39, 0.29) is 0 Å². The summed E-state index contributed by atoms with van der Waals surface area (Å²) in [5.74, 6) is 5.16. The second kappa shape index (κ2) is 21.5. The molecule has 47 heavy (non-hydrogen) atoms. The first-order valence-corrected chi connectivity index (χ1v) is 20.4. The summed E-state index contributed by atoms with van der Waals surface area (Å²) in [6.45, 7) is 25.6. The molecule has 0 aliphatic heterocycles. The highest BCUT2D eigenvalue weighted by molar-refractivity contribution is 5.29. The molecular weight excluding hydrogens is 565 g/mol. The number of hydrogen-bond donors (Lipinski definition) is 0. The molecule has 0 spiro atoms. The first kappa shape index (κ1) is 41.6. The van der Waals surface area contributed by atoms with Crippen molar-refractivity contribution in [2.75, 3.05) is 0 Å². The van der Waals surface area contributed by atoms with Crippen LogP contribution in [0.4, 0.5) is 0 Å². The van der Waals surface area contributed by atoms with Crippen LogP contribution in [0.5, 0.6) is 0 Å². The molecule has 0 amide bonds. The zero-order valence-electron chi connectivity index (χ0n) is 33.5. The van der Waals surface area contributed by atoms with E-state index in [0.717, 1.165) is 36.0 Å². The molecule has 0 heterocycles. The fourth-order valence-corrected chi connectivity index (χ4v) is 9.03. The summed E-state index contributed by atoms with van der Waals surface area (Å²) in [6.07, 6.45) is 24.5. The van der Waals surface area contributed by atoms with Gasteiger partial charge in [-0.1, -0.05) is 199 Å². The third-order valence-electron chi connectivity index (χ3n) is 11.8. The van der Waals surface area contributed by atoms with Crippen LogP contribution in [0.3, 0.4) is 0 Å². The van der Waals surface area contributed by atoms with Gasteiger partial charge in [0.25, 0.3) is 0 Å². The molecule has 2 aromatic carbocycles. The Balaban J connectivity index is 0.000000230. The Labute approximate surface area is 295 Å². The van der Waals surface area contributed by atoms with Gasteiger partial charge in [-0.15, -0.1) is 0 Å². The van der Waals surface area contributed by atoms with E-state index in [1.165, 1.54) is 119 Å². The molecule has 2 atom stereocenters. The molecule has 0 bridgehead atoms. The summed E-state index contributed by atoms with van der Waals surface area (Å²) in [5, 5.41) is 0. The Morgan fingerprint density at radius 1 is 0.553 bits per heavy atom. The van der Waals surface area contributed by atoms with Gasteiger partial charge in [0.1, 0.15) is 0 Å². The second-order valence-corrected chi connectivity index (χ2v) is 18.0. The lowest BCUT2D eigenvalue weighted by Crippen LogP contribution is -2.34. The minimum atomic E-state index is 0.586. The maximum atomic E-state index is 2.46. The average Bonchev–Trinajstić information content (AvgIpc) is 3.02. The molecule has 5 rings (SSSR count). The number of unbranched alkanes of at least 4 members (excludes halogenated alkanes) is 2. The Morgan fingerprint density at radius 3 is 1.28 bits per heavy atom. The quantitative estimate of drug-likeness (QED) is 0.281. The number of hydrogen-bond acceptors (Lipinski definition) is 0. The predicted molar refractivity (Wildman–Crippen MR) is 212 cm³/mol. The maximum Gasteiger partial charge on any atom is -0.00258 e. The van der Waals surface area contributed by atoms with Crippen LogP contribution in [0.25, 0.3) is 0 Å². The van der Waals surface area contributed by atoms with Crippen LogP contribution < -0.4 is 0 Å². The molecule has 0 N–H and O–H groups in total. The Kier molecular flexibility index (Phi) is 19.0. The van der Waals surface area contributed by atoms with E-state index in [1.54, 1.807) is 6.42 Å². The number of rotatable bonds is 7. The van der Waals surface area contributed by atoms with Crippen molar-refractivity contribution in [1.29, 1.82) is 0 Å². The van der Waals surface area contributed by atoms with Crippen LogP contribution >= 0.6 is 0 Å². The lowest BCUT2D eigenvalue weighted by atomic mass is 9.60. The van der Waals surface area contributed by atoms with Crippen LogP contribution in [-0.4, -0.2) is 0 Å². The van der Waals surface area contributed by atoms with Gasteiger partial charge in [-0.2, -0.15) is 0 Å². The van der Waals surface area contributed by atoms with Gasteiger partial charge in [0.15, 0.2) is 0 Å². The Hall–Kier alpha value is -1.56. The maximum absolute atomic E-state index is 2.46. The largest absolute Gasteiger partial charge is 0.0654 e. The van der Waals surface area contributed by atoms with Crippen LogP contribution in [-0.2, 0) is 6.42 Å². The highest BCUT2D eigenvalue weighted by Crippen LogP contribution is 2.50. The summed E-state index contributed by atoms with van der Waals surface area (Å²) in [4.78, 5) is 0. The topological polar surface area (TPSA) is 0 Å². The molecule has 3 aliphatic carbocycles. The first-order chi connectivity index (χ1) is 22.3. The van der Waals surface area contributed by atoms with E-state index in [9.17, 15) is 0 Å². The molecule has 3 aliphatic rings. The summed E-state index contributed by atoms with van der Waals surface area (Å²) in [6, 6.07) is 17.5. The van der Waals surface area contributed by atoms with E-state index in [1.807, 2.05) is 0 Å². The molecule has 3 saturated carbocycles. The molecule has 0 saturated heterocycles. The van der Waals surface area contributed by atoms with Crippen molar-refractivity contribution in [1.82, 2.24) is 0 Å². The van der Waals surface area contributed by atoms with Crippen LogP contribution in [0.2, 0.25) is 0 Å². The van der Waals surface area contributed by atoms with Crippen molar-refractivity contribution in [2.24, 2.45) is 40.4 Å². The van der Waals surface area contributed by atoms with E-state index >= 15 is 0 Å². The van der Waals surface area contributed by atoms with Gasteiger partial charge in [-0.25, -0.2) is 0 Å². The van der Waals surface area contributed by atoms with Crippen LogP contribution in [0.1, 0.15) is 187 Å². The summed E-state index contributed by atoms with van der Waals surface area (Å²) >= 11 is 0. The lowest BCUT2D eigenvalue weighted by molar-refractivity contribution is 0.0582. The molecule has 0 radical (unpaired) electrons. The van der Waals surface area contributed by atoms with E-state index in [0.29, 0.717) is 10.8 Å². The molecule has 2 aromatic rings. The predicted octanol–water partition coefficient (Wildman–Crippen LogP) is 15.4. The first-order valence-electron chi connectivity index (χ1n) is 20.4. The molecule has 0 heteroatoms. The highest BCUT2D eigenvalue weighted by atomic mass is 14.4. The minimum Gasteiger partial charge on any atom is -0.0654 e. The van der Waals surface area contributed by atoms with Crippen molar-refractivity contribution in [3.63, 3.8) is 0 Å². The van der Waals surface area contributed by atoms with Gasteiger partial charge in [-0.3, -0.25) is 0 Å². The van der Waals surface area contributed by atoms with Gasteiger partial charge in [-0.05, 0) is 97.5 Å². The smallest absolute Gasteiger partial charge is 0.00258 e. The van der Waals surface area contributed by atoms with E-state index < -0.39 is 0 Å². The fraction of sp³-hybridized carbons (Fsp3) is 0.745. The fourth-order valence-electron chi connectivity index (χ4n) is 9.03. The minimum absolute atomic E-state index is 0.586. The van der Waals surface area contributed by atoms with Crippen molar-refractivity contribution >= 4 is 0 Å². The molecule has 2 unspecified atom stereocenters. The van der Waals surface area contributed by atoms with Gasteiger partial charge in [0.05, 0.1) is 0 Å². The SMILES string of the molecule is CC1CCC(CC2CCC(C)CC2)CC1.CCC1(C)CC(C)CC(C)(C)C1.CCCCC.Cc1ccc(Cc2ccc(C)cc2)cc1. The van der Waals surface area contributed by atoms with Crippen LogP contribution in [0, 0.1) is 54.3 Å². The van der Waals surface area contributed by atoms with Crippen molar-refractivity contribution in [3.05, 3.63) is 70.8 Å². The normalized spacial score (nSPS) is 28.4. The standard InChI is InChI=1S/C15H28.C15H16.C12H24.C5H12/c2*1-12-3-7-14(8-4-12)11-15-9-5-13(2)6-10-15;1-6-12(5)8-10(2)7-11(3,4)9-12;1-3-5-4-2/h12-15H,3-11H2,1-2H3;3-10H,11H2,1-2H3;10H,6-9H2,1-5H3;3-5H2,1-2H3. The zero-order valence-corrected chi connectivity index (χ0v) is 33.5. The highest BCUT2D eigenvalue weighted by Gasteiger charge is 2.38. The number of benzene rings is 2. The van der Waals surface area contributed by atoms with Crippen LogP contribution in [0.15, 0.2) is 48.5 Å². The Bertz CT molecular complexity index is 977. The summed E-state index contributed by atoms with van der Waals surface area (Å²) in [7, 11) is 0. The summed E-state index contributed by atoms with van der Waals surface area (Å²) in [5.41, 5.74) is 6.61. The third kappa shape index (κ3) is 17.6. The van der Waals surface area contributed by atoms with Gasteiger partial charge in [0, 0.05) is 0 Å². The van der Waals surface area contributed by atoms with Gasteiger partial charge in [0.2, 0.25) is 0 Å². The van der Waals surface area contributed by atoms with Gasteiger partial charge >= 0.3 is 0 Å². The van der Waals surface area contributed by atoms with Crippen molar-refractivity contribution in [2.45, 2.75) is 185 Å². The molecule has 3 fully saturated rings. The average molecular weight is 645 g/mol. The molecule has 268 valence electrons. The molecular formula is C47H80. The monoisotopic (exact) mass is 645 g/mol. The third-order valence-corrected chi connectivity index (χ3v) is 11.8. The molecule has 0 aromatic heterocycles. The summed E-state index contributed by atoms with van der Waals surface area (Å²) < 4.78 is 0. The second-order valence-electron chi connectivity index (χ2n) is 18.0. The number of aryl methyl sites for hydroxylation is 2. The van der Waals surface area contributed by atoms with E-state index in [2.05, 4.69) is 125 Å². The van der Waals surface area contributed by atoms with Crippen molar-refractivity contribution < 1.29 is 0 Å². The zero-order chi connectivity index (χ0) is 34.9. The van der Waals surface area contributed by atoms with E-state index in [4.69, 9.17) is 0 Å². The Morgan fingerprint density at radius 2 is 0.957 bits per heavy atom. The van der Waals surface area contributed by atoms with Gasteiger partial charge < -0.3 is 0 Å². The molecule has 0 nitrogen and oxygen atoms in total. The van der Waals surface area contributed by atoms with Crippen molar-refractivity contribution in [3.8, 4) is 0 Å².